The highest BCUT2D eigenvalue weighted by Gasteiger charge is 2.11. The van der Waals surface area contributed by atoms with Crippen molar-refractivity contribution in [1.82, 2.24) is 4.90 Å². The maximum Gasteiger partial charge on any atom is 0.222 e. The zero-order valence-corrected chi connectivity index (χ0v) is 9.98. The fraction of sp³-hybridized carbons (Fsp3) is 0.462. The van der Waals surface area contributed by atoms with Crippen molar-refractivity contribution < 1.29 is 9.53 Å². The lowest BCUT2D eigenvalue weighted by Gasteiger charge is -2.21. The summed E-state index contributed by atoms with van der Waals surface area (Å²) < 4.78 is 5.01. The summed E-state index contributed by atoms with van der Waals surface area (Å²) in [5.41, 5.74) is 1.15. The molecule has 0 aliphatic heterocycles. The molecule has 0 heterocycles. The standard InChI is InChI=1S/C13H19NO2/c1-3-13(15)14(9-10-16-2)11-12-7-5-4-6-8-12/h4-8H,3,9-11H2,1-2H3. The van der Waals surface area contributed by atoms with E-state index in [1.54, 1.807) is 7.11 Å². The summed E-state index contributed by atoms with van der Waals surface area (Å²) in [6.07, 6.45) is 0.538. The van der Waals surface area contributed by atoms with Crippen molar-refractivity contribution in [3.8, 4) is 0 Å². The molecule has 0 bridgehead atoms. The Bertz CT molecular complexity index is 311. The van der Waals surface area contributed by atoms with E-state index in [4.69, 9.17) is 4.74 Å². The Labute approximate surface area is 97.0 Å². The molecular formula is C13H19NO2. The lowest BCUT2D eigenvalue weighted by molar-refractivity contribution is -0.132. The van der Waals surface area contributed by atoms with Crippen molar-refractivity contribution in [1.29, 1.82) is 0 Å². The van der Waals surface area contributed by atoms with Crippen LogP contribution in [0.3, 0.4) is 0 Å². The number of hydrogen-bond donors (Lipinski definition) is 0. The van der Waals surface area contributed by atoms with E-state index >= 15 is 0 Å². The molecule has 3 nitrogen and oxygen atoms in total. The number of ether oxygens (including phenoxy) is 1. The van der Waals surface area contributed by atoms with Crippen molar-refractivity contribution in [2.75, 3.05) is 20.3 Å². The molecule has 0 saturated heterocycles. The third-order valence-corrected chi connectivity index (χ3v) is 2.44. The van der Waals surface area contributed by atoms with Crippen LogP contribution >= 0.6 is 0 Å². The zero-order valence-electron chi connectivity index (χ0n) is 9.98. The molecule has 88 valence electrons. The highest BCUT2D eigenvalue weighted by molar-refractivity contribution is 5.75. The van der Waals surface area contributed by atoms with Gasteiger partial charge < -0.3 is 9.64 Å². The van der Waals surface area contributed by atoms with E-state index in [2.05, 4.69) is 0 Å². The van der Waals surface area contributed by atoms with Crippen molar-refractivity contribution in [3.63, 3.8) is 0 Å². The maximum absolute atomic E-state index is 11.7. The molecule has 0 spiro atoms. The number of benzene rings is 1. The van der Waals surface area contributed by atoms with Crippen molar-refractivity contribution in [3.05, 3.63) is 35.9 Å². The van der Waals surface area contributed by atoms with Crippen LogP contribution in [-0.2, 0) is 16.1 Å². The summed E-state index contributed by atoms with van der Waals surface area (Å²) in [6, 6.07) is 10.0. The lowest BCUT2D eigenvalue weighted by Crippen LogP contribution is -2.32. The average Bonchev–Trinajstić information content (AvgIpc) is 2.34. The van der Waals surface area contributed by atoms with Gasteiger partial charge in [0, 0.05) is 26.6 Å². The van der Waals surface area contributed by atoms with Gasteiger partial charge >= 0.3 is 0 Å². The topological polar surface area (TPSA) is 29.5 Å². The molecule has 1 aromatic carbocycles. The monoisotopic (exact) mass is 221 g/mol. The van der Waals surface area contributed by atoms with Gasteiger partial charge in [-0.25, -0.2) is 0 Å². The van der Waals surface area contributed by atoms with Gasteiger partial charge in [-0.1, -0.05) is 37.3 Å². The zero-order chi connectivity index (χ0) is 11.8. The molecule has 0 aliphatic carbocycles. The van der Waals surface area contributed by atoms with E-state index in [1.807, 2.05) is 42.2 Å². The van der Waals surface area contributed by atoms with Crippen LogP contribution in [0, 0.1) is 0 Å². The van der Waals surface area contributed by atoms with Crippen LogP contribution in [0.4, 0.5) is 0 Å². The molecule has 1 rings (SSSR count). The lowest BCUT2D eigenvalue weighted by atomic mass is 10.2. The molecule has 0 unspecified atom stereocenters. The van der Waals surface area contributed by atoms with Gasteiger partial charge in [-0.3, -0.25) is 4.79 Å². The largest absolute Gasteiger partial charge is 0.383 e. The van der Waals surface area contributed by atoms with Crippen LogP contribution in [0.2, 0.25) is 0 Å². The first-order chi connectivity index (χ1) is 7.77. The Morgan fingerprint density at radius 3 is 2.56 bits per heavy atom. The predicted molar refractivity (Wildman–Crippen MR) is 64.0 cm³/mol. The summed E-state index contributed by atoms with van der Waals surface area (Å²) in [5, 5.41) is 0. The molecule has 0 radical (unpaired) electrons. The van der Waals surface area contributed by atoms with Gasteiger partial charge in [-0.2, -0.15) is 0 Å². The van der Waals surface area contributed by atoms with Crippen LogP contribution in [-0.4, -0.2) is 31.1 Å². The fourth-order valence-corrected chi connectivity index (χ4v) is 1.52. The Balaban J connectivity index is 2.59. The Morgan fingerprint density at radius 1 is 1.31 bits per heavy atom. The third kappa shape index (κ3) is 4.03. The van der Waals surface area contributed by atoms with Crippen LogP contribution < -0.4 is 0 Å². The molecule has 0 N–H and O–H groups in total. The number of rotatable bonds is 6. The average molecular weight is 221 g/mol. The van der Waals surface area contributed by atoms with Gasteiger partial charge in [0.2, 0.25) is 5.91 Å². The van der Waals surface area contributed by atoms with Gasteiger partial charge in [0.1, 0.15) is 0 Å². The number of hydrogen-bond acceptors (Lipinski definition) is 2. The number of amides is 1. The van der Waals surface area contributed by atoms with E-state index in [0.29, 0.717) is 26.1 Å². The third-order valence-electron chi connectivity index (χ3n) is 2.44. The molecule has 1 aromatic rings. The molecular weight excluding hydrogens is 202 g/mol. The SMILES string of the molecule is CCC(=O)N(CCOC)Cc1ccccc1. The minimum Gasteiger partial charge on any atom is -0.383 e. The quantitative estimate of drug-likeness (QED) is 0.736. The van der Waals surface area contributed by atoms with E-state index < -0.39 is 0 Å². The first-order valence-electron chi connectivity index (χ1n) is 5.58. The first-order valence-corrected chi connectivity index (χ1v) is 5.58. The summed E-state index contributed by atoms with van der Waals surface area (Å²) in [7, 11) is 1.65. The highest BCUT2D eigenvalue weighted by atomic mass is 16.5. The molecule has 0 atom stereocenters. The molecule has 16 heavy (non-hydrogen) atoms. The van der Waals surface area contributed by atoms with Gasteiger partial charge in [-0.05, 0) is 5.56 Å². The Morgan fingerprint density at radius 2 is 2.00 bits per heavy atom. The van der Waals surface area contributed by atoms with Crippen LogP contribution in [0.15, 0.2) is 30.3 Å². The first kappa shape index (κ1) is 12.7. The predicted octanol–water partition coefficient (Wildman–Crippen LogP) is 2.07. The van der Waals surface area contributed by atoms with Crippen molar-refractivity contribution in [2.24, 2.45) is 0 Å². The van der Waals surface area contributed by atoms with E-state index in [1.165, 1.54) is 0 Å². The molecule has 0 aromatic heterocycles. The Kier molecular flexibility index (Phi) is 5.57. The van der Waals surface area contributed by atoms with Crippen molar-refractivity contribution >= 4 is 5.91 Å². The number of carbonyl (C=O) groups excluding carboxylic acids is 1. The second kappa shape index (κ2) is 7.01. The van der Waals surface area contributed by atoms with E-state index in [-0.39, 0.29) is 5.91 Å². The van der Waals surface area contributed by atoms with Gasteiger partial charge in [-0.15, -0.1) is 0 Å². The molecule has 0 aliphatic rings. The summed E-state index contributed by atoms with van der Waals surface area (Å²) in [6.45, 7) is 3.78. The van der Waals surface area contributed by atoms with Gasteiger partial charge in [0.25, 0.3) is 0 Å². The highest BCUT2D eigenvalue weighted by Crippen LogP contribution is 2.05. The van der Waals surface area contributed by atoms with E-state index in [0.717, 1.165) is 5.56 Å². The second-order valence-corrected chi connectivity index (χ2v) is 3.65. The minimum atomic E-state index is 0.168. The normalized spacial score (nSPS) is 10.1. The molecule has 3 heteroatoms. The fourth-order valence-electron chi connectivity index (χ4n) is 1.52. The molecule has 0 saturated carbocycles. The van der Waals surface area contributed by atoms with E-state index in [9.17, 15) is 4.79 Å². The number of methoxy groups -OCH3 is 1. The Hall–Kier alpha value is -1.35. The van der Waals surface area contributed by atoms with Crippen molar-refractivity contribution in [2.45, 2.75) is 19.9 Å². The molecule has 0 fully saturated rings. The number of nitrogens with zero attached hydrogens (tertiary/aromatic N) is 1. The summed E-state index contributed by atoms with van der Waals surface area (Å²) in [5.74, 6) is 0.168. The van der Waals surface area contributed by atoms with Crippen LogP contribution in [0.1, 0.15) is 18.9 Å². The van der Waals surface area contributed by atoms with Gasteiger partial charge in [0.05, 0.1) is 6.61 Å². The minimum absolute atomic E-state index is 0.168. The maximum atomic E-state index is 11.7. The molecule has 1 amide bonds. The summed E-state index contributed by atoms with van der Waals surface area (Å²) >= 11 is 0. The number of carbonyl (C=O) groups is 1. The second-order valence-electron chi connectivity index (χ2n) is 3.65. The smallest absolute Gasteiger partial charge is 0.222 e. The van der Waals surface area contributed by atoms with Gasteiger partial charge in [0.15, 0.2) is 0 Å². The van der Waals surface area contributed by atoms with Crippen LogP contribution in [0.25, 0.3) is 0 Å². The van der Waals surface area contributed by atoms with Crippen LogP contribution in [0.5, 0.6) is 0 Å². The summed E-state index contributed by atoms with van der Waals surface area (Å²) in [4.78, 5) is 13.5.